The number of allylic oxidation sites excluding steroid dienone is 6. The summed E-state index contributed by atoms with van der Waals surface area (Å²) in [6, 6.07) is 10.9. The van der Waals surface area contributed by atoms with Crippen LogP contribution in [0.3, 0.4) is 0 Å². The van der Waals surface area contributed by atoms with Gasteiger partial charge in [0.15, 0.2) is 11.6 Å². The SMILES string of the molecule is CCCN1C(=O)C2CC=C3C(c4ccc(O)c5ccccc45)C4=C(CC3C2C1=O)C(=O)C=C(C)C4=O. The number of hydrogen-bond acceptors (Lipinski definition) is 5. The maximum Gasteiger partial charge on any atom is 0.233 e. The van der Waals surface area contributed by atoms with Gasteiger partial charge in [-0.2, -0.15) is 0 Å². The molecule has 4 unspecified atom stereocenters. The molecule has 2 aromatic rings. The Morgan fingerprint density at radius 3 is 2.47 bits per heavy atom. The number of Topliss-reactive ketones (excluding diaryl/α,β-unsaturated/α-hetero) is 1. The Balaban J connectivity index is 1.58. The summed E-state index contributed by atoms with van der Waals surface area (Å²) in [6.45, 7) is 4.00. The van der Waals surface area contributed by atoms with Crippen molar-refractivity contribution in [3.8, 4) is 5.75 Å². The van der Waals surface area contributed by atoms with Crippen molar-refractivity contribution in [1.82, 2.24) is 4.90 Å². The molecule has 36 heavy (non-hydrogen) atoms. The molecule has 182 valence electrons. The van der Waals surface area contributed by atoms with Gasteiger partial charge in [0.25, 0.3) is 0 Å². The van der Waals surface area contributed by atoms with Crippen LogP contribution in [0.4, 0.5) is 0 Å². The van der Waals surface area contributed by atoms with Crippen LogP contribution in [0, 0.1) is 17.8 Å². The molecule has 1 fully saturated rings. The van der Waals surface area contributed by atoms with E-state index in [9.17, 15) is 24.3 Å². The van der Waals surface area contributed by atoms with Crippen molar-refractivity contribution in [1.29, 1.82) is 0 Å². The van der Waals surface area contributed by atoms with Gasteiger partial charge in [0.05, 0.1) is 11.8 Å². The average molecular weight is 482 g/mol. The van der Waals surface area contributed by atoms with E-state index in [0.717, 1.165) is 16.5 Å². The molecule has 2 aromatic carbocycles. The highest BCUT2D eigenvalue weighted by molar-refractivity contribution is 6.24. The fraction of sp³-hybridized carbons (Fsp3) is 0.333. The van der Waals surface area contributed by atoms with E-state index in [4.69, 9.17) is 0 Å². The molecule has 1 aliphatic heterocycles. The minimum Gasteiger partial charge on any atom is -0.507 e. The molecular formula is C30H27NO5. The Morgan fingerprint density at radius 2 is 1.72 bits per heavy atom. The fourth-order valence-electron chi connectivity index (χ4n) is 6.78. The maximum atomic E-state index is 13.6. The molecule has 1 heterocycles. The van der Waals surface area contributed by atoms with Crippen molar-refractivity contribution in [3.05, 3.63) is 76.4 Å². The minimum absolute atomic E-state index is 0.129. The quantitative estimate of drug-likeness (QED) is 0.399. The number of amides is 2. The Hall–Kier alpha value is -3.80. The second-order valence-corrected chi connectivity index (χ2v) is 10.3. The molecular weight excluding hydrogens is 454 g/mol. The average Bonchev–Trinajstić information content (AvgIpc) is 3.12. The molecule has 4 aliphatic rings. The number of likely N-dealkylation sites (tertiary alicyclic amines) is 1. The van der Waals surface area contributed by atoms with Gasteiger partial charge in [-0.3, -0.25) is 24.1 Å². The number of ketones is 2. The van der Waals surface area contributed by atoms with E-state index < -0.39 is 17.8 Å². The lowest BCUT2D eigenvalue weighted by Gasteiger charge is -2.42. The lowest BCUT2D eigenvalue weighted by atomic mass is 9.59. The molecule has 0 saturated carbocycles. The van der Waals surface area contributed by atoms with Gasteiger partial charge < -0.3 is 5.11 Å². The summed E-state index contributed by atoms with van der Waals surface area (Å²) in [6.07, 6.45) is 4.84. The summed E-state index contributed by atoms with van der Waals surface area (Å²) in [7, 11) is 0. The van der Waals surface area contributed by atoms with Gasteiger partial charge in [0.1, 0.15) is 5.75 Å². The Bertz CT molecular complexity index is 1480. The zero-order valence-electron chi connectivity index (χ0n) is 20.3. The first-order chi connectivity index (χ1) is 17.3. The van der Waals surface area contributed by atoms with Crippen molar-refractivity contribution in [2.24, 2.45) is 17.8 Å². The van der Waals surface area contributed by atoms with E-state index in [2.05, 4.69) is 0 Å². The van der Waals surface area contributed by atoms with Crippen LogP contribution in [0.1, 0.15) is 44.6 Å². The van der Waals surface area contributed by atoms with Crippen LogP contribution in [-0.2, 0) is 19.2 Å². The largest absolute Gasteiger partial charge is 0.507 e. The molecule has 0 spiro atoms. The van der Waals surface area contributed by atoms with Gasteiger partial charge in [-0.15, -0.1) is 0 Å². The highest BCUT2D eigenvalue weighted by atomic mass is 16.3. The van der Waals surface area contributed by atoms with Crippen molar-refractivity contribution in [2.75, 3.05) is 6.54 Å². The Labute approximate surface area is 209 Å². The number of carbonyl (C=O) groups excluding carboxylic acids is 4. The van der Waals surface area contributed by atoms with Crippen molar-refractivity contribution >= 4 is 34.2 Å². The first kappa shape index (κ1) is 22.7. The molecule has 0 bridgehead atoms. The number of phenolic OH excluding ortho intramolecular Hbond substituents is 1. The summed E-state index contributed by atoms with van der Waals surface area (Å²) >= 11 is 0. The lowest BCUT2D eigenvalue weighted by molar-refractivity contribution is -0.140. The summed E-state index contributed by atoms with van der Waals surface area (Å²) in [4.78, 5) is 54.8. The van der Waals surface area contributed by atoms with Gasteiger partial charge in [0.2, 0.25) is 11.8 Å². The number of hydrogen-bond donors (Lipinski definition) is 1. The molecule has 3 aliphatic carbocycles. The standard InChI is InChI=1S/C30H27NO5/c1-3-12-31-29(35)20-9-8-19-21(26(20)30(31)36)14-22-24(33)13-15(2)28(34)27(22)25(19)18-10-11-23(32)17-7-5-4-6-16(17)18/h4-8,10-11,13,20-21,25-26,32H,3,9,12,14H2,1-2H3. The molecule has 6 rings (SSSR count). The highest BCUT2D eigenvalue weighted by Gasteiger charge is 2.56. The van der Waals surface area contributed by atoms with E-state index in [-0.39, 0.29) is 41.5 Å². The monoisotopic (exact) mass is 481 g/mol. The maximum absolute atomic E-state index is 13.6. The topological polar surface area (TPSA) is 91.8 Å². The van der Waals surface area contributed by atoms with Gasteiger partial charge in [-0.25, -0.2) is 0 Å². The van der Waals surface area contributed by atoms with Gasteiger partial charge in [0, 0.05) is 34.6 Å². The van der Waals surface area contributed by atoms with Crippen molar-refractivity contribution < 1.29 is 24.3 Å². The normalized spacial score (nSPS) is 27.7. The molecule has 0 aromatic heterocycles. The summed E-state index contributed by atoms with van der Waals surface area (Å²) in [5.74, 6) is -2.31. The highest BCUT2D eigenvalue weighted by Crippen LogP contribution is 2.56. The molecule has 1 N–H and O–H groups in total. The van der Waals surface area contributed by atoms with E-state index in [1.165, 1.54) is 11.0 Å². The Kier molecular flexibility index (Phi) is 5.11. The molecule has 6 heteroatoms. The smallest absolute Gasteiger partial charge is 0.233 e. The minimum atomic E-state index is -0.529. The number of fused-ring (bicyclic) bond motifs is 4. The molecule has 0 radical (unpaired) electrons. The molecule has 6 nitrogen and oxygen atoms in total. The van der Waals surface area contributed by atoms with Gasteiger partial charge >= 0.3 is 0 Å². The number of rotatable bonds is 3. The van der Waals surface area contributed by atoms with Crippen LogP contribution in [0.25, 0.3) is 10.8 Å². The predicted molar refractivity (Wildman–Crippen MR) is 134 cm³/mol. The van der Waals surface area contributed by atoms with E-state index >= 15 is 0 Å². The van der Waals surface area contributed by atoms with Crippen LogP contribution in [0.15, 0.2) is 70.8 Å². The number of nitrogens with zero attached hydrogens (tertiary/aromatic N) is 1. The second kappa shape index (κ2) is 8.12. The third-order valence-electron chi connectivity index (χ3n) is 8.35. The van der Waals surface area contributed by atoms with Gasteiger partial charge in [-0.1, -0.05) is 48.9 Å². The zero-order valence-corrected chi connectivity index (χ0v) is 20.3. The second-order valence-electron chi connectivity index (χ2n) is 10.3. The van der Waals surface area contributed by atoms with Crippen LogP contribution in [0.2, 0.25) is 0 Å². The first-order valence-corrected chi connectivity index (χ1v) is 12.6. The lowest BCUT2D eigenvalue weighted by Crippen LogP contribution is -2.40. The Morgan fingerprint density at radius 1 is 0.972 bits per heavy atom. The van der Waals surface area contributed by atoms with E-state index in [1.807, 2.05) is 43.3 Å². The summed E-state index contributed by atoms with van der Waals surface area (Å²) in [5, 5.41) is 12.0. The van der Waals surface area contributed by atoms with Crippen LogP contribution >= 0.6 is 0 Å². The van der Waals surface area contributed by atoms with Crippen LogP contribution in [-0.4, -0.2) is 39.9 Å². The van der Waals surface area contributed by atoms with Crippen LogP contribution in [0.5, 0.6) is 5.75 Å². The van der Waals surface area contributed by atoms with Crippen LogP contribution < -0.4 is 0 Å². The number of phenols is 1. The predicted octanol–water partition coefficient (Wildman–Crippen LogP) is 4.38. The fourth-order valence-corrected chi connectivity index (χ4v) is 6.78. The number of carbonyl (C=O) groups is 4. The summed E-state index contributed by atoms with van der Waals surface area (Å²) < 4.78 is 0. The third-order valence-corrected chi connectivity index (χ3v) is 8.35. The number of benzene rings is 2. The first-order valence-electron chi connectivity index (χ1n) is 12.6. The molecule has 1 saturated heterocycles. The van der Waals surface area contributed by atoms with Crippen molar-refractivity contribution in [2.45, 2.75) is 39.0 Å². The molecule has 4 atom stereocenters. The summed E-state index contributed by atoms with van der Waals surface area (Å²) in [5.41, 5.74) is 3.08. The third kappa shape index (κ3) is 3.03. The van der Waals surface area contributed by atoms with Gasteiger partial charge in [-0.05, 0) is 55.2 Å². The molecule has 2 amide bonds. The van der Waals surface area contributed by atoms with Crippen molar-refractivity contribution in [3.63, 3.8) is 0 Å². The van der Waals surface area contributed by atoms with E-state index in [1.54, 1.807) is 13.0 Å². The zero-order chi connectivity index (χ0) is 25.3. The number of imide groups is 1. The van der Waals surface area contributed by atoms with E-state index in [0.29, 0.717) is 41.5 Å². The number of aromatic hydroxyl groups is 1.